The second-order valence-electron chi connectivity index (χ2n) is 3.53. The van der Waals surface area contributed by atoms with Gasteiger partial charge in [0.05, 0.1) is 0 Å². The molecule has 0 aliphatic carbocycles. The van der Waals surface area contributed by atoms with Gasteiger partial charge in [-0.25, -0.2) is 0 Å². The number of nitrogens with one attached hydrogen (secondary N) is 1. The SMILES string of the molecule is CCCCCCCCCCSN[C]=O. The summed E-state index contributed by atoms with van der Waals surface area (Å²) in [4.78, 5) is 9.78. The van der Waals surface area contributed by atoms with E-state index >= 15 is 0 Å². The smallest absolute Gasteiger partial charge is 0.292 e. The summed E-state index contributed by atoms with van der Waals surface area (Å²) in [5.41, 5.74) is 0. The second-order valence-corrected chi connectivity index (χ2v) is 4.43. The van der Waals surface area contributed by atoms with Gasteiger partial charge in [-0.15, -0.1) is 0 Å². The van der Waals surface area contributed by atoms with E-state index in [-0.39, 0.29) is 0 Å². The fourth-order valence-corrected chi connectivity index (χ4v) is 1.90. The van der Waals surface area contributed by atoms with Crippen molar-refractivity contribution in [2.24, 2.45) is 0 Å². The number of unbranched alkanes of at least 4 members (excludes halogenated alkanes) is 7. The molecular weight excluding hydrogens is 194 g/mol. The van der Waals surface area contributed by atoms with Gasteiger partial charge in [-0.05, 0) is 6.42 Å². The van der Waals surface area contributed by atoms with Crippen LogP contribution in [0.5, 0.6) is 0 Å². The van der Waals surface area contributed by atoms with Crippen molar-refractivity contribution < 1.29 is 4.79 Å². The van der Waals surface area contributed by atoms with Crippen molar-refractivity contribution in [2.45, 2.75) is 58.3 Å². The molecule has 0 bridgehead atoms. The molecule has 0 unspecified atom stereocenters. The van der Waals surface area contributed by atoms with Crippen molar-refractivity contribution in [3.8, 4) is 0 Å². The van der Waals surface area contributed by atoms with Crippen LogP contribution in [0.15, 0.2) is 0 Å². The molecule has 0 aromatic carbocycles. The van der Waals surface area contributed by atoms with Crippen LogP contribution >= 0.6 is 11.9 Å². The van der Waals surface area contributed by atoms with Crippen LogP contribution in [0.2, 0.25) is 0 Å². The fraction of sp³-hybridized carbons (Fsp3) is 0.909. The number of carbonyl (C=O) groups excluding carboxylic acids is 1. The summed E-state index contributed by atoms with van der Waals surface area (Å²) in [6.45, 7) is 2.24. The highest BCUT2D eigenvalue weighted by Gasteiger charge is 1.91. The lowest BCUT2D eigenvalue weighted by molar-refractivity contribution is 0.554. The van der Waals surface area contributed by atoms with E-state index in [2.05, 4.69) is 11.6 Å². The first-order valence-corrected chi connectivity index (χ1v) is 6.64. The minimum absolute atomic E-state index is 1.02. The highest BCUT2D eigenvalue weighted by Crippen LogP contribution is 2.09. The van der Waals surface area contributed by atoms with E-state index < -0.39 is 0 Å². The minimum Gasteiger partial charge on any atom is -0.292 e. The van der Waals surface area contributed by atoms with Gasteiger partial charge in [0.25, 0.3) is 0 Å². The summed E-state index contributed by atoms with van der Waals surface area (Å²) in [6.07, 6.45) is 12.4. The van der Waals surface area contributed by atoms with Crippen molar-refractivity contribution in [3.63, 3.8) is 0 Å². The van der Waals surface area contributed by atoms with Crippen LogP contribution in [-0.4, -0.2) is 12.2 Å². The van der Waals surface area contributed by atoms with Crippen molar-refractivity contribution in [3.05, 3.63) is 0 Å². The van der Waals surface area contributed by atoms with Gasteiger partial charge in [-0.3, -0.25) is 9.52 Å². The predicted molar refractivity (Wildman–Crippen MR) is 63.9 cm³/mol. The number of hydrogen-bond donors (Lipinski definition) is 1. The van der Waals surface area contributed by atoms with E-state index in [1.807, 2.05) is 0 Å². The van der Waals surface area contributed by atoms with E-state index in [9.17, 15) is 4.79 Å². The Morgan fingerprint density at radius 1 is 1.00 bits per heavy atom. The number of hydrogen-bond acceptors (Lipinski definition) is 2. The first-order chi connectivity index (χ1) is 6.91. The molecule has 0 fully saturated rings. The van der Waals surface area contributed by atoms with E-state index in [1.54, 1.807) is 6.41 Å². The second kappa shape index (κ2) is 12.8. The maximum atomic E-state index is 9.78. The highest BCUT2D eigenvalue weighted by molar-refractivity contribution is 7.97. The summed E-state index contributed by atoms with van der Waals surface area (Å²) >= 11 is 1.45. The largest absolute Gasteiger partial charge is 0.320 e. The molecule has 0 aliphatic rings. The molecule has 1 amide bonds. The molecule has 0 atom stereocenters. The average Bonchev–Trinajstić information content (AvgIpc) is 2.21. The predicted octanol–water partition coefficient (Wildman–Crippen LogP) is 3.43. The molecule has 0 saturated heterocycles. The quantitative estimate of drug-likeness (QED) is 0.326. The van der Waals surface area contributed by atoms with Crippen molar-refractivity contribution in [2.75, 3.05) is 5.75 Å². The minimum atomic E-state index is 1.02. The molecule has 0 heterocycles. The molecule has 1 radical (unpaired) electrons. The molecule has 14 heavy (non-hydrogen) atoms. The van der Waals surface area contributed by atoms with Gasteiger partial charge >= 0.3 is 6.41 Å². The Bertz CT molecular complexity index is 120. The summed E-state index contributed by atoms with van der Waals surface area (Å²) < 4.78 is 2.48. The molecule has 0 aromatic rings. The number of amides is 1. The van der Waals surface area contributed by atoms with Crippen LogP contribution in [0.4, 0.5) is 0 Å². The monoisotopic (exact) mass is 216 g/mol. The molecule has 0 aliphatic heterocycles. The first kappa shape index (κ1) is 13.8. The summed E-state index contributed by atoms with van der Waals surface area (Å²) in [5, 5.41) is 0. The Morgan fingerprint density at radius 2 is 1.57 bits per heavy atom. The standard InChI is InChI=1S/C11H22NOS/c1-2-3-4-5-6-7-8-9-10-14-12-11-13/h2-10H2,1H3,(H,12,13). The average molecular weight is 216 g/mol. The third-order valence-corrected chi connectivity index (χ3v) is 2.93. The lowest BCUT2D eigenvalue weighted by atomic mass is 10.1. The Morgan fingerprint density at radius 3 is 2.14 bits per heavy atom. The van der Waals surface area contributed by atoms with Gasteiger partial charge in [0.15, 0.2) is 0 Å². The van der Waals surface area contributed by atoms with Crippen LogP contribution in [-0.2, 0) is 4.79 Å². The zero-order valence-electron chi connectivity index (χ0n) is 9.18. The van der Waals surface area contributed by atoms with Crippen molar-refractivity contribution in [1.29, 1.82) is 0 Å². The van der Waals surface area contributed by atoms with Gasteiger partial charge in [0.2, 0.25) is 0 Å². The third kappa shape index (κ3) is 11.8. The molecule has 3 heteroatoms. The molecule has 0 saturated carbocycles. The van der Waals surface area contributed by atoms with Crippen LogP contribution in [0, 0.1) is 0 Å². The van der Waals surface area contributed by atoms with E-state index in [0.717, 1.165) is 5.75 Å². The third-order valence-electron chi connectivity index (χ3n) is 2.21. The maximum absolute atomic E-state index is 9.78. The Kier molecular flexibility index (Phi) is 12.7. The molecule has 0 rings (SSSR count). The van der Waals surface area contributed by atoms with Gasteiger partial charge in [-0.1, -0.05) is 63.8 Å². The summed E-state index contributed by atoms with van der Waals surface area (Å²) in [7, 11) is 0. The van der Waals surface area contributed by atoms with Crippen LogP contribution in [0.3, 0.4) is 0 Å². The lowest BCUT2D eigenvalue weighted by Crippen LogP contribution is -1.99. The van der Waals surface area contributed by atoms with Crippen molar-refractivity contribution in [1.82, 2.24) is 4.72 Å². The van der Waals surface area contributed by atoms with E-state index in [1.165, 1.54) is 63.3 Å². The zero-order valence-corrected chi connectivity index (χ0v) is 10.00. The number of rotatable bonds is 11. The lowest BCUT2D eigenvalue weighted by Gasteiger charge is -2.00. The molecule has 0 spiro atoms. The van der Waals surface area contributed by atoms with Gasteiger partial charge < -0.3 is 0 Å². The molecule has 0 aromatic heterocycles. The molecule has 2 nitrogen and oxygen atoms in total. The molecule has 83 valence electrons. The maximum Gasteiger partial charge on any atom is 0.320 e. The van der Waals surface area contributed by atoms with E-state index in [4.69, 9.17) is 0 Å². The van der Waals surface area contributed by atoms with Crippen LogP contribution < -0.4 is 4.72 Å². The zero-order chi connectivity index (χ0) is 10.5. The first-order valence-electron chi connectivity index (χ1n) is 5.65. The van der Waals surface area contributed by atoms with Gasteiger partial charge in [0, 0.05) is 5.75 Å². The highest BCUT2D eigenvalue weighted by atomic mass is 32.2. The van der Waals surface area contributed by atoms with Gasteiger partial charge in [0.1, 0.15) is 0 Å². The van der Waals surface area contributed by atoms with Crippen LogP contribution in [0.1, 0.15) is 58.3 Å². The Labute approximate surface area is 92.4 Å². The summed E-state index contributed by atoms with van der Waals surface area (Å²) in [5.74, 6) is 1.02. The molecule has 1 N–H and O–H groups in total. The Balaban J connectivity index is 2.81. The molecular formula is C11H22NOS. The van der Waals surface area contributed by atoms with E-state index in [0.29, 0.717) is 0 Å². The summed E-state index contributed by atoms with van der Waals surface area (Å²) in [6, 6.07) is 0. The van der Waals surface area contributed by atoms with Crippen LogP contribution in [0.25, 0.3) is 0 Å². The van der Waals surface area contributed by atoms with Crippen molar-refractivity contribution >= 4 is 18.4 Å². The van der Waals surface area contributed by atoms with Gasteiger partial charge in [-0.2, -0.15) is 0 Å². The Hall–Kier alpha value is -0.180. The normalized spacial score (nSPS) is 10.1. The fourth-order valence-electron chi connectivity index (χ4n) is 1.39. The topological polar surface area (TPSA) is 29.1 Å².